The average Bonchev–Trinajstić information content (AvgIpc) is 1.36. The Morgan fingerprint density at radius 2 is 0.500 bits per heavy atom. The Morgan fingerprint density at radius 3 is 0.866 bits per heavy atom. The summed E-state index contributed by atoms with van der Waals surface area (Å²) < 4.78 is 26.7. The van der Waals surface area contributed by atoms with Crippen molar-refractivity contribution in [2.75, 3.05) is 26.4 Å². The SMILES string of the molecule is CCOC(=O)C1(C(=O)OCC)C23c4c5c6c7c8c4c4c2c2c9c%10c%11c%12c(c5c5c6c6c%13c%14c%15c%16c%17c%18c%19c%20c(c8c8c4c4c2c2c9c9c%11c%11c%21c%12c5c%13c%21c%15c5c%16c%12c%18c(c4c%198)c2c%12c9c5%11)C7C6C%142C(C(=O)OCC)(C(=O)OCC)C%20%172)C%1013. The van der Waals surface area contributed by atoms with Gasteiger partial charge < -0.3 is 18.9 Å². The summed E-state index contributed by atoms with van der Waals surface area (Å²) in [4.78, 5) is 67.4. The Kier molecular flexibility index (Phi) is 3.26. The largest absolute Gasteiger partial charge is 0.465 e. The third-order valence-corrected chi connectivity index (χ3v) is 29.1. The molecule has 0 radical (unpaired) electrons. The number of benzene rings is 15. The van der Waals surface area contributed by atoms with Crippen molar-refractivity contribution in [2.24, 2.45) is 10.8 Å². The number of esters is 4. The maximum atomic E-state index is 16.9. The van der Waals surface area contributed by atoms with Crippen LogP contribution in [-0.2, 0) is 59.8 Å². The smallest absolute Gasteiger partial charge is 0.326 e. The van der Waals surface area contributed by atoms with Crippen molar-refractivity contribution in [1.82, 2.24) is 0 Å². The molecule has 22 aromatic rings. The van der Waals surface area contributed by atoms with Gasteiger partial charge in [-0.05, 0) is 320 Å². The van der Waals surface area contributed by atoms with Crippen LogP contribution in [0.15, 0.2) is 0 Å². The zero-order chi connectivity index (χ0) is 51.3. The first kappa shape index (κ1) is 34.2. The summed E-state index contributed by atoms with van der Waals surface area (Å²) in [5.41, 5.74) is 4.52. The molecule has 12 aliphatic carbocycles. The zero-order valence-corrected chi connectivity index (χ0v) is 43.2. The molecule has 2 fully saturated rings. The van der Waals surface area contributed by atoms with Crippen molar-refractivity contribution < 1.29 is 38.1 Å². The van der Waals surface area contributed by atoms with E-state index in [0.717, 1.165) is 0 Å². The molecule has 82 heavy (non-hydrogen) atoms. The fraction of sp³-hybridized carbons (Fsp3) is 0.216. The van der Waals surface area contributed by atoms with Crippen LogP contribution in [-0.4, -0.2) is 50.3 Å². The lowest BCUT2D eigenvalue weighted by Gasteiger charge is -2.42. The quantitative estimate of drug-likeness (QED) is 0.0641. The maximum absolute atomic E-state index is 16.9. The number of hydrogen-bond donors (Lipinski definition) is 0. The second-order valence-corrected chi connectivity index (χ2v) is 28.8. The molecular weight excluding hydrogens is 1020 g/mol. The minimum atomic E-state index is -1.76. The first-order valence-electron chi connectivity index (χ1n) is 30.4. The van der Waals surface area contributed by atoms with E-state index in [1.165, 1.54) is 293 Å². The molecule has 8 heteroatoms. The molecule has 0 bridgehead atoms. The number of hydrogen-bond acceptors (Lipinski definition) is 8. The minimum absolute atomic E-state index is 0.141. The lowest BCUT2D eigenvalue weighted by atomic mass is 9.58. The van der Waals surface area contributed by atoms with Gasteiger partial charge in [0.1, 0.15) is 0 Å². The Morgan fingerprint density at radius 1 is 0.256 bits per heavy atom. The van der Waals surface area contributed by atoms with Crippen LogP contribution in [0.25, 0.3) is 237 Å². The maximum Gasteiger partial charge on any atom is 0.326 e. The summed E-state index contributed by atoms with van der Waals surface area (Å²) in [5, 5.41) is 58.1. The van der Waals surface area contributed by atoms with Crippen molar-refractivity contribution in [1.29, 1.82) is 0 Å². The van der Waals surface area contributed by atoms with Gasteiger partial charge in [-0.25, -0.2) is 0 Å². The summed E-state index contributed by atoms with van der Waals surface area (Å²) in [5.74, 6) is -2.19. The van der Waals surface area contributed by atoms with E-state index in [2.05, 4.69) is 0 Å². The highest BCUT2D eigenvalue weighted by Crippen LogP contribution is 3.02. The molecule has 2 saturated carbocycles. The van der Waals surface area contributed by atoms with Crippen molar-refractivity contribution >= 4 is 261 Å². The number of carbonyl (C=O) groups is 4. The van der Waals surface area contributed by atoms with E-state index >= 15 is 19.2 Å². The first-order chi connectivity index (χ1) is 40.4. The monoisotopic (exact) mass is 1040 g/mol. The van der Waals surface area contributed by atoms with Crippen LogP contribution in [0.3, 0.4) is 0 Å². The van der Waals surface area contributed by atoms with E-state index in [4.69, 9.17) is 18.9 Å². The molecule has 34 rings (SSSR count). The Labute approximate surface area is 450 Å². The van der Waals surface area contributed by atoms with Crippen LogP contribution in [0.1, 0.15) is 95.2 Å². The van der Waals surface area contributed by atoms with E-state index in [-0.39, 0.29) is 38.3 Å². The van der Waals surface area contributed by atoms with Crippen molar-refractivity contribution in [2.45, 2.75) is 61.2 Å². The normalized spacial score (nSPS) is 28.3. The van der Waals surface area contributed by atoms with Crippen LogP contribution < -0.4 is 0 Å². The molecule has 22 aromatic carbocycles. The first-order valence-corrected chi connectivity index (χ1v) is 30.4. The van der Waals surface area contributed by atoms with Gasteiger partial charge in [0.15, 0.2) is 10.8 Å². The number of rotatable bonds is 8. The van der Waals surface area contributed by atoms with Gasteiger partial charge in [-0.1, -0.05) is 0 Å². The highest BCUT2D eigenvalue weighted by atomic mass is 16.6. The molecule has 0 saturated heterocycles. The lowest BCUT2D eigenvalue weighted by molar-refractivity contribution is -0.168. The third-order valence-electron chi connectivity index (χ3n) is 29.1. The van der Waals surface area contributed by atoms with E-state index in [0.29, 0.717) is 0 Å². The van der Waals surface area contributed by atoms with Crippen molar-refractivity contribution in [3.8, 4) is 0 Å². The highest BCUT2D eigenvalue weighted by Gasteiger charge is 3.05. The molecular formula is C74H22O8. The summed E-state index contributed by atoms with van der Waals surface area (Å²) >= 11 is 0. The molecule has 6 atom stereocenters. The molecule has 0 aromatic heterocycles. The topological polar surface area (TPSA) is 105 Å². The second kappa shape index (κ2) is 7.82. The van der Waals surface area contributed by atoms with E-state index in [1.54, 1.807) is 0 Å². The highest BCUT2D eigenvalue weighted by molar-refractivity contribution is 6.76. The number of ether oxygens (including phenoxy) is 4. The predicted octanol–water partition coefficient (Wildman–Crippen LogP) is 14.7. The van der Waals surface area contributed by atoms with Gasteiger partial charge in [0, 0.05) is 17.3 Å². The summed E-state index contributed by atoms with van der Waals surface area (Å²) in [6.45, 7) is 8.22. The lowest BCUT2D eigenvalue weighted by Crippen LogP contribution is -2.40. The molecule has 6 unspecified atom stereocenters. The van der Waals surface area contributed by atoms with Gasteiger partial charge in [-0.15, -0.1) is 0 Å². The summed E-state index contributed by atoms with van der Waals surface area (Å²) in [6, 6.07) is 0. The van der Waals surface area contributed by atoms with Gasteiger partial charge >= 0.3 is 23.9 Å². The molecule has 8 nitrogen and oxygen atoms in total. The molecule has 0 N–H and O–H groups in total. The summed E-state index contributed by atoms with van der Waals surface area (Å²) in [7, 11) is 0. The number of carbonyl (C=O) groups excluding carboxylic acids is 4. The van der Waals surface area contributed by atoms with Crippen LogP contribution >= 0.6 is 0 Å². The molecule has 0 aliphatic heterocycles. The molecule has 0 heterocycles. The van der Waals surface area contributed by atoms with Crippen LogP contribution in [0, 0.1) is 10.8 Å². The Bertz CT molecular complexity index is 7600. The molecule has 4 spiro atoms. The van der Waals surface area contributed by atoms with E-state index in [9.17, 15) is 0 Å². The van der Waals surface area contributed by atoms with Gasteiger partial charge in [0.2, 0.25) is 0 Å². The van der Waals surface area contributed by atoms with Gasteiger partial charge in [-0.3, -0.25) is 19.2 Å². The van der Waals surface area contributed by atoms with Crippen LogP contribution in [0.5, 0.6) is 0 Å². The Hall–Kier alpha value is -9.14. The predicted molar refractivity (Wildman–Crippen MR) is 315 cm³/mol. The Balaban J connectivity index is 1.07. The fourth-order valence-electron chi connectivity index (χ4n) is 29.7. The van der Waals surface area contributed by atoms with Crippen LogP contribution in [0.2, 0.25) is 0 Å². The van der Waals surface area contributed by atoms with Gasteiger partial charge in [0.25, 0.3) is 0 Å². The fourth-order valence-corrected chi connectivity index (χ4v) is 29.7. The van der Waals surface area contributed by atoms with E-state index < -0.39 is 56.4 Å². The summed E-state index contributed by atoms with van der Waals surface area (Å²) in [6.07, 6.45) is 0. The standard InChI is InChI=1S/C74H22O8/c1-5-79-65(75)73(66(76)80-6-2)69-57-41-25-13-11-9-10-12-14-16-21-31-19(12)29(17(9)25)45(57)47(31)59-49-33(21)24-28(16)44-42-26(14)18(10)30-20(11)32-22-15(13)27-23-34(22)50-54-38-35(23)51(61(69)43(27)41)55-39(38)40-37(53(49)63(55)71(59,69)73)36(24)52-56(40)64(54)72-60(50)48(32)46(30)58(42)70(72,62(44)52)74(72,67(77)81-7-3)68(78)82-8-4/h55,63H,5-8H2,1-4H3. The molecule has 366 valence electrons. The zero-order valence-electron chi connectivity index (χ0n) is 43.2. The van der Waals surface area contributed by atoms with Gasteiger partial charge in [-0.2, -0.15) is 0 Å². The molecule has 12 aliphatic rings. The van der Waals surface area contributed by atoms with Crippen molar-refractivity contribution in [3.63, 3.8) is 0 Å². The van der Waals surface area contributed by atoms with Gasteiger partial charge in [0.05, 0.1) is 42.7 Å². The average molecular weight is 1040 g/mol. The van der Waals surface area contributed by atoms with Crippen molar-refractivity contribution in [3.05, 3.63) is 55.6 Å². The van der Waals surface area contributed by atoms with E-state index in [1.807, 2.05) is 27.7 Å². The second-order valence-electron chi connectivity index (χ2n) is 28.8. The third kappa shape index (κ3) is 1.75. The van der Waals surface area contributed by atoms with Crippen LogP contribution in [0.4, 0.5) is 0 Å². The molecule has 0 amide bonds. The minimum Gasteiger partial charge on any atom is -0.465 e.